The van der Waals surface area contributed by atoms with Gasteiger partial charge in [0.2, 0.25) is 0 Å². The van der Waals surface area contributed by atoms with Crippen molar-refractivity contribution in [1.29, 1.82) is 0 Å². The van der Waals surface area contributed by atoms with Gasteiger partial charge in [-0.25, -0.2) is 0 Å². The van der Waals surface area contributed by atoms with Gasteiger partial charge in [0.15, 0.2) is 0 Å². The molecule has 0 bridgehead atoms. The fraction of sp³-hybridized carbons (Fsp3) is 0.778. The molecule has 1 saturated carbocycles. The fourth-order valence-corrected chi connectivity index (χ4v) is 2.75. The molecular formula is C9H13Br. The summed E-state index contributed by atoms with van der Waals surface area (Å²) in [6.07, 6.45) is 5.08. The van der Waals surface area contributed by atoms with Gasteiger partial charge in [0.25, 0.3) is 0 Å². The number of hydrogen-bond donors (Lipinski definition) is 0. The zero-order chi connectivity index (χ0) is 7.35. The van der Waals surface area contributed by atoms with Gasteiger partial charge in [-0.2, -0.15) is 0 Å². The third-order valence-corrected chi connectivity index (χ3v) is 3.85. The zero-order valence-corrected chi connectivity index (χ0v) is 8.11. The lowest BCUT2D eigenvalue weighted by molar-refractivity contribution is 0.535. The van der Waals surface area contributed by atoms with E-state index in [4.69, 9.17) is 0 Å². The topological polar surface area (TPSA) is 0 Å². The summed E-state index contributed by atoms with van der Waals surface area (Å²) in [5, 5.41) is 0. The van der Waals surface area contributed by atoms with Crippen LogP contribution >= 0.6 is 15.9 Å². The summed E-state index contributed by atoms with van der Waals surface area (Å²) in [4.78, 5) is 0. The maximum absolute atomic E-state index is 3.57. The van der Waals surface area contributed by atoms with Gasteiger partial charge in [-0.3, -0.25) is 0 Å². The molecule has 10 heavy (non-hydrogen) atoms. The van der Waals surface area contributed by atoms with E-state index in [1.165, 1.54) is 17.3 Å². The summed E-state index contributed by atoms with van der Waals surface area (Å²) in [5.74, 6) is 1.88. The molecule has 0 aromatic heterocycles. The van der Waals surface area contributed by atoms with Crippen LogP contribution in [0.1, 0.15) is 26.7 Å². The molecule has 0 aromatic rings. The minimum absolute atomic E-state index is 0.621. The largest absolute Gasteiger partial charge is 0.0704 e. The molecule has 2 aliphatic rings. The SMILES string of the molecule is CC1(C)[C@@H]2C=C(Br)CC[C@H]21. The average Bonchev–Trinajstić information content (AvgIpc) is 2.36. The molecule has 0 aliphatic heterocycles. The Labute approximate surface area is 70.8 Å². The monoisotopic (exact) mass is 200 g/mol. The highest BCUT2D eigenvalue weighted by molar-refractivity contribution is 9.11. The Kier molecular flexibility index (Phi) is 1.30. The predicted octanol–water partition coefficient (Wildman–Crippen LogP) is 3.33. The fourth-order valence-electron chi connectivity index (χ4n) is 2.24. The molecule has 0 N–H and O–H groups in total. The number of allylic oxidation sites excluding steroid dienone is 2. The Morgan fingerprint density at radius 1 is 1.60 bits per heavy atom. The minimum atomic E-state index is 0.621. The first-order valence-corrected chi connectivity index (χ1v) is 4.78. The van der Waals surface area contributed by atoms with Crippen molar-refractivity contribution in [3.63, 3.8) is 0 Å². The highest BCUT2D eigenvalue weighted by Crippen LogP contribution is 2.63. The van der Waals surface area contributed by atoms with Gasteiger partial charge >= 0.3 is 0 Å². The van der Waals surface area contributed by atoms with Gasteiger partial charge < -0.3 is 0 Å². The van der Waals surface area contributed by atoms with E-state index in [9.17, 15) is 0 Å². The molecule has 2 atom stereocenters. The number of fused-ring (bicyclic) bond motifs is 1. The maximum atomic E-state index is 3.57. The lowest BCUT2D eigenvalue weighted by Gasteiger charge is -2.03. The van der Waals surface area contributed by atoms with E-state index in [1.807, 2.05) is 0 Å². The Bertz CT molecular complexity index is 191. The van der Waals surface area contributed by atoms with Crippen molar-refractivity contribution in [2.45, 2.75) is 26.7 Å². The van der Waals surface area contributed by atoms with Crippen LogP contribution in [0, 0.1) is 17.3 Å². The maximum Gasteiger partial charge on any atom is -0.00860 e. The number of halogens is 1. The molecule has 0 saturated heterocycles. The van der Waals surface area contributed by atoms with Crippen molar-refractivity contribution in [3.8, 4) is 0 Å². The molecule has 2 aliphatic carbocycles. The van der Waals surface area contributed by atoms with Crippen LogP contribution in [0.25, 0.3) is 0 Å². The molecular weight excluding hydrogens is 188 g/mol. The first-order chi connectivity index (χ1) is 4.62. The van der Waals surface area contributed by atoms with E-state index < -0.39 is 0 Å². The van der Waals surface area contributed by atoms with Crippen molar-refractivity contribution in [1.82, 2.24) is 0 Å². The van der Waals surface area contributed by atoms with E-state index >= 15 is 0 Å². The van der Waals surface area contributed by atoms with Crippen LogP contribution < -0.4 is 0 Å². The molecule has 0 radical (unpaired) electrons. The average molecular weight is 201 g/mol. The summed E-state index contributed by atoms with van der Waals surface area (Å²) in [6, 6.07) is 0. The smallest absolute Gasteiger partial charge is 0.00860 e. The molecule has 0 unspecified atom stereocenters. The van der Waals surface area contributed by atoms with Crippen molar-refractivity contribution in [2.75, 3.05) is 0 Å². The van der Waals surface area contributed by atoms with E-state index in [0.29, 0.717) is 5.41 Å². The summed E-state index contributed by atoms with van der Waals surface area (Å²) in [7, 11) is 0. The van der Waals surface area contributed by atoms with Crippen LogP contribution in [0.15, 0.2) is 10.6 Å². The van der Waals surface area contributed by atoms with Crippen molar-refractivity contribution >= 4 is 15.9 Å². The Morgan fingerprint density at radius 3 is 2.80 bits per heavy atom. The van der Waals surface area contributed by atoms with Gasteiger partial charge in [-0.15, -0.1) is 0 Å². The van der Waals surface area contributed by atoms with Crippen molar-refractivity contribution in [2.24, 2.45) is 17.3 Å². The molecule has 56 valence electrons. The third kappa shape index (κ3) is 0.795. The second kappa shape index (κ2) is 1.88. The summed E-state index contributed by atoms with van der Waals surface area (Å²) >= 11 is 3.57. The minimum Gasteiger partial charge on any atom is -0.0704 e. The number of hydrogen-bond acceptors (Lipinski definition) is 0. The summed E-state index contributed by atoms with van der Waals surface area (Å²) < 4.78 is 1.43. The van der Waals surface area contributed by atoms with E-state index in [1.54, 1.807) is 0 Å². The Balaban J connectivity index is 2.20. The molecule has 0 nitrogen and oxygen atoms in total. The lowest BCUT2D eigenvalue weighted by atomic mass is 10.1. The van der Waals surface area contributed by atoms with E-state index in [-0.39, 0.29) is 0 Å². The molecule has 0 spiro atoms. The Morgan fingerprint density at radius 2 is 2.30 bits per heavy atom. The lowest BCUT2D eigenvalue weighted by Crippen LogP contribution is -1.89. The second-order valence-corrected chi connectivity index (χ2v) is 5.12. The van der Waals surface area contributed by atoms with Gasteiger partial charge in [0.1, 0.15) is 0 Å². The van der Waals surface area contributed by atoms with Crippen LogP contribution in [0.4, 0.5) is 0 Å². The highest BCUT2D eigenvalue weighted by atomic mass is 79.9. The van der Waals surface area contributed by atoms with Gasteiger partial charge in [0.05, 0.1) is 0 Å². The number of rotatable bonds is 0. The highest BCUT2D eigenvalue weighted by Gasteiger charge is 2.56. The first kappa shape index (κ1) is 6.90. The summed E-state index contributed by atoms with van der Waals surface area (Å²) in [5.41, 5.74) is 0.621. The van der Waals surface area contributed by atoms with Gasteiger partial charge in [-0.05, 0) is 34.6 Å². The molecule has 0 aromatic carbocycles. The quantitative estimate of drug-likeness (QED) is 0.563. The Hall–Kier alpha value is 0.220. The third-order valence-electron chi connectivity index (χ3n) is 3.19. The molecule has 1 heteroatoms. The zero-order valence-electron chi connectivity index (χ0n) is 6.52. The molecule has 0 heterocycles. The van der Waals surface area contributed by atoms with Crippen molar-refractivity contribution < 1.29 is 0 Å². The van der Waals surface area contributed by atoms with Gasteiger partial charge in [0, 0.05) is 0 Å². The van der Waals surface area contributed by atoms with Crippen LogP contribution in [0.3, 0.4) is 0 Å². The van der Waals surface area contributed by atoms with Crippen LogP contribution in [0.5, 0.6) is 0 Å². The van der Waals surface area contributed by atoms with Crippen LogP contribution in [-0.2, 0) is 0 Å². The molecule has 2 rings (SSSR count). The first-order valence-electron chi connectivity index (χ1n) is 3.98. The van der Waals surface area contributed by atoms with Gasteiger partial charge in [-0.1, -0.05) is 35.9 Å². The second-order valence-electron chi connectivity index (χ2n) is 4.11. The molecule has 1 fully saturated rings. The van der Waals surface area contributed by atoms with E-state index in [0.717, 1.165) is 11.8 Å². The van der Waals surface area contributed by atoms with E-state index in [2.05, 4.69) is 35.9 Å². The van der Waals surface area contributed by atoms with Crippen LogP contribution in [-0.4, -0.2) is 0 Å². The normalized spacial score (nSPS) is 42.1. The summed E-state index contributed by atoms with van der Waals surface area (Å²) in [6.45, 7) is 4.76. The van der Waals surface area contributed by atoms with Crippen molar-refractivity contribution in [3.05, 3.63) is 10.6 Å². The molecule has 0 amide bonds. The van der Waals surface area contributed by atoms with Crippen LogP contribution in [0.2, 0.25) is 0 Å². The predicted molar refractivity (Wildman–Crippen MR) is 47.0 cm³/mol. The standard InChI is InChI=1S/C9H13Br/c1-9(2)7-4-3-6(10)5-8(7)9/h5,7-8H,3-4H2,1-2H3/t7-,8-/m1/s1.